The molecule has 0 saturated heterocycles. The molecular weight excluding hydrogens is 526 g/mol. The molecule has 11 heteroatoms. The second-order valence-electron chi connectivity index (χ2n) is 6.43. The molecule has 0 saturated carbocycles. The zero-order valence-electron chi connectivity index (χ0n) is 16.8. The topological polar surface area (TPSA) is 86.1 Å². The Morgan fingerprint density at radius 3 is 2.75 bits per heavy atom. The Hall–Kier alpha value is -2.75. The minimum Gasteiger partial charge on any atom is -0.461 e. The Morgan fingerprint density at radius 2 is 2.06 bits per heavy atom. The predicted octanol–water partition coefficient (Wildman–Crippen LogP) is 5.77. The van der Waals surface area contributed by atoms with E-state index in [-0.39, 0.29) is 29.4 Å². The van der Waals surface area contributed by atoms with Crippen molar-refractivity contribution in [3.63, 3.8) is 0 Å². The molecule has 166 valence electrons. The van der Waals surface area contributed by atoms with Gasteiger partial charge in [-0.3, -0.25) is 4.79 Å². The van der Waals surface area contributed by atoms with E-state index in [0.717, 1.165) is 6.08 Å². The SMILES string of the molecule is CCOC(=O)/C(F)=C/c1cc(Cl)cc(C)c1NC(=O)c1cc(Br)nn1-c1ncccc1Cl. The van der Waals surface area contributed by atoms with Crippen LogP contribution < -0.4 is 5.32 Å². The van der Waals surface area contributed by atoms with Crippen molar-refractivity contribution in [1.82, 2.24) is 14.8 Å². The number of nitrogens with one attached hydrogen (secondary N) is 1. The van der Waals surface area contributed by atoms with Gasteiger partial charge in [-0.15, -0.1) is 0 Å². The first-order chi connectivity index (χ1) is 15.2. The van der Waals surface area contributed by atoms with Crippen LogP contribution in [0.25, 0.3) is 11.9 Å². The number of rotatable bonds is 6. The molecule has 0 radical (unpaired) electrons. The maximum absolute atomic E-state index is 14.3. The van der Waals surface area contributed by atoms with Gasteiger partial charge >= 0.3 is 5.97 Å². The van der Waals surface area contributed by atoms with E-state index in [0.29, 0.717) is 20.2 Å². The Labute approximate surface area is 201 Å². The summed E-state index contributed by atoms with van der Waals surface area (Å²) in [4.78, 5) is 29.0. The fourth-order valence-corrected chi connectivity index (χ4v) is 3.69. The Bertz CT molecular complexity index is 1230. The first kappa shape index (κ1) is 23.9. The summed E-state index contributed by atoms with van der Waals surface area (Å²) in [7, 11) is 0. The van der Waals surface area contributed by atoms with Crippen molar-refractivity contribution in [2.24, 2.45) is 0 Å². The van der Waals surface area contributed by atoms with Crippen molar-refractivity contribution >= 4 is 62.8 Å². The normalized spacial score (nSPS) is 11.4. The number of hydrogen-bond donors (Lipinski definition) is 1. The lowest BCUT2D eigenvalue weighted by atomic mass is 10.1. The number of nitrogens with zero attached hydrogens (tertiary/aromatic N) is 3. The highest BCUT2D eigenvalue weighted by Crippen LogP contribution is 2.29. The van der Waals surface area contributed by atoms with Crippen LogP contribution in [0.1, 0.15) is 28.5 Å². The van der Waals surface area contributed by atoms with Crippen LogP contribution in [0.15, 0.2) is 47.0 Å². The number of esters is 1. The van der Waals surface area contributed by atoms with Crippen LogP contribution in [0.4, 0.5) is 10.1 Å². The molecule has 3 aromatic rings. The van der Waals surface area contributed by atoms with E-state index in [1.165, 1.54) is 23.0 Å². The summed E-state index contributed by atoms with van der Waals surface area (Å²) in [6.45, 7) is 3.27. The summed E-state index contributed by atoms with van der Waals surface area (Å²) in [5, 5.41) is 7.55. The van der Waals surface area contributed by atoms with Gasteiger partial charge < -0.3 is 10.1 Å². The van der Waals surface area contributed by atoms with Crippen LogP contribution >= 0.6 is 39.1 Å². The third-order valence-electron chi connectivity index (χ3n) is 4.17. The molecule has 0 atom stereocenters. The van der Waals surface area contributed by atoms with Crippen molar-refractivity contribution in [2.75, 3.05) is 11.9 Å². The Balaban J connectivity index is 2.02. The summed E-state index contributed by atoms with van der Waals surface area (Å²) in [5.74, 6) is -2.56. The number of aryl methyl sites for hydroxylation is 1. The third-order valence-corrected chi connectivity index (χ3v) is 5.07. The van der Waals surface area contributed by atoms with Crippen LogP contribution in [-0.2, 0) is 9.53 Å². The minimum atomic E-state index is -1.13. The number of carbonyl (C=O) groups is 2. The summed E-state index contributed by atoms with van der Waals surface area (Å²) >= 11 is 15.6. The highest BCUT2D eigenvalue weighted by atomic mass is 79.9. The van der Waals surface area contributed by atoms with E-state index in [1.807, 2.05) is 0 Å². The molecule has 0 fully saturated rings. The third kappa shape index (κ3) is 5.35. The number of carbonyl (C=O) groups excluding carboxylic acids is 2. The molecule has 0 aliphatic carbocycles. The van der Waals surface area contributed by atoms with Gasteiger partial charge in [0.05, 0.1) is 17.3 Å². The van der Waals surface area contributed by atoms with Crippen molar-refractivity contribution < 1.29 is 18.7 Å². The van der Waals surface area contributed by atoms with Gasteiger partial charge in [0, 0.05) is 22.8 Å². The molecule has 0 bridgehead atoms. The molecule has 2 aromatic heterocycles. The monoisotopic (exact) mass is 540 g/mol. The molecule has 0 spiro atoms. The summed E-state index contributed by atoms with van der Waals surface area (Å²) < 4.78 is 20.6. The maximum Gasteiger partial charge on any atom is 0.367 e. The van der Waals surface area contributed by atoms with E-state index < -0.39 is 17.7 Å². The summed E-state index contributed by atoms with van der Waals surface area (Å²) in [6.07, 6.45) is 2.47. The number of hydrogen-bond acceptors (Lipinski definition) is 5. The highest BCUT2D eigenvalue weighted by molar-refractivity contribution is 9.10. The lowest BCUT2D eigenvalue weighted by Gasteiger charge is -2.14. The van der Waals surface area contributed by atoms with Crippen molar-refractivity contribution in [1.29, 1.82) is 0 Å². The second kappa shape index (κ2) is 10.2. The lowest BCUT2D eigenvalue weighted by Crippen LogP contribution is -2.19. The predicted molar refractivity (Wildman–Crippen MR) is 124 cm³/mol. The Kier molecular flexibility index (Phi) is 7.65. The van der Waals surface area contributed by atoms with Crippen LogP contribution in [-0.4, -0.2) is 33.2 Å². The van der Waals surface area contributed by atoms with Gasteiger partial charge in [0.15, 0.2) is 5.82 Å². The lowest BCUT2D eigenvalue weighted by molar-refractivity contribution is -0.140. The van der Waals surface area contributed by atoms with E-state index in [1.54, 1.807) is 32.0 Å². The molecule has 1 aromatic carbocycles. The number of amides is 1. The number of pyridine rings is 1. The average Bonchev–Trinajstić information content (AvgIpc) is 3.12. The standard InChI is InChI=1S/C21H16BrCl2FN4O3/c1-3-32-21(31)15(25)9-12-8-13(23)7-11(2)18(12)27-20(30)16-10-17(22)28-29(16)19-14(24)5-4-6-26-19/h4-10H,3H2,1-2H3,(H,27,30)/b15-9-. The zero-order chi connectivity index (χ0) is 23.4. The van der Waals surface area contributed by atoms with Gasteiger partial charge in [0.1, 0.15) is 10.3 Å². The number of halogens is 4. The van der Waals surface area contributed by atoms with Crippen molar-refractivity contribution in [3.8, 4) is 5.82 Å². The van der Waals surface area contributed by atoms with Crippen LogP contribution in [0.2, 0.25) is 10.0 Å². The first-order valence-corrected chi connectivity index (χ1v) is 10.8. The fourth-order valence-electron chi connectivity index (χ4n) is 2.84. The van der Waals surface area contributed by atoms with Gasteiger partial charge in [0.2, 0.25) is 5.83 Å². The minimum absolute atomic E-state index is 0.0210. The smallest absolute Gasteiger partial charge is 0.367 e. The fraction of sp³-hybridized carbons (Fsp3) is 0.143. The molecule has 0 unspecified atom stereocenters. The van der Waals surface area contributed by atoms with E-state index in [9.17, 15) is 14.0 Å². The van der Waals surface area contributed by atoms with Crippen molar-refractivity contribution in [3.05, 3.63) is 73.8 Å². The van der Waals surface area contributed by atoms with E-state index >= 15 is 0 Å². The van der Waals surface area contributed by atoms with Crippen molar-refractivity contribution in [2.45, 2.75) is 13.8 Å². The molecule has 2 heterocycles. The molecule has 3 rings (SSSR count). The summed E-state index contributed by atoms with van der Waals surface area (Å²) in [6, 6.07) is 7.77. The van der Waals surface area contributed by atoms with Crippen LogP contribution in [0.5, 0.6) is 0 Å². The zero-order valence-corrected chi connectivity index (χ0v) is 19.9. The Morgan fingerprint density at radius 1 is 1.31 bits per heavy atom. The van der Waals surface area contributed by atoms with E-state index in [4.69, 9.17) is 23.2 Å². The first-order valence-electron chi connectivity index (χ1n) is 9.23. The van der Waals surface area contributed by atoms with Gasteiger partial charge in [-0.05, 0) is 65.7 Å². The number of anilines is 1. The molecule has 32 heavy (non-hydrogen) atoms. The molecule has 7 nitrogen and oxygen atoms in total. The van der Waals surface area contributed by atoms with Gasteiger partial charge in [-0.1, -0.05) is 23.2 Å². The molecular formula is C21H16BrCl2FN4O3. The number of aromatic nitrogens is 3. The molecule has 0 aliphatic heterocycles. The number of ether oxygens (including phenoxy) is 1. The average molecular weight is 542 g/mol. The van der Waals surface area contributed by atoms with Gasteiger partial charge in [-0.25, -0.2) is 14.5 Å². The van der Waals surface area contributed by atoms with Crippen LogP contribution in [0.3, 0.4) is 0 Å². The maximum atomic E-state index is 14.3. The second-order valence-corrected chi connectivity index (χ2v) is 8.08. The summed E-state index contributed by atoms with van der Waals surface area (Å²) in [5.41, 5.74) is 1.12. The van der Waals surface area contributed by atoms with E-state index in [2.05, 4.69) is 36.1 Å². The van der Waals surface area contributed by atoms with Crippen LogP contribution in [0, 0.1) is 6.92 Å². The molecule has 1 amide bonds. The highest BCUT2D eigenvalue weighted by Gasteiger charge is 2.21. The molecule has 0 aliphatic rings. The largest absolute Gasteiger partial charge is 0.461 e. The molecule has 1 N–H and O–H groups in total. The number of benzene rings is 1. The van der Waals surface area contributed by atoms with Gasteiger partial charge in [0.25, 0.3) is 5.91 Å². The van der Waals surface area contributed by atoms with Gasteiger partial charge in [-0.2, -0.15) is 9.49 Å². The quantitative estimate of drug-likeness (QED) is 0.316.